The molecule has 0 aliphatic heterocycles. The summed E-state index contributed by atoms with van der Waals surface area (Å²) in [5.74, 6) is -1.05. The number of allylic oxidation sites excluding steroid dienone is 2. The number of Topliss-reactive ketones (excluding diaryl/α,β-unsaturated/α-hetero) is 1. The Morgan fingerprint density at radius 3 is 2.56 bits per heavy atom. The monoisotopic (exact) mass is 366 g/mol. The molecular formula is C23H26O4. The van der Waals surface area contributed by atoms with Crippen molar-refractivity contribution >= 4 is 22.5 Å². The molecule has 0 amide bonds. The minimum Gasteiger partial charge on any atom is -0.432 e. The topological polar surface area (TPSA) is 63.6 Å². The van der Waals surface area contributed by atoms with Crippen LogP contribution in [-0.4, -0.2) is 23.0 Å². The van der Waals surface area contributed by atoms with E-state index >= 15 is 0 Å². The van der Waals surface area contributed by atoms with E-state index in [1.165, 1.54) is 6.26 Å². The summed E-state index contributed by atoms with van der Waals surface area (Å²) in [6, 6.07) is 12.6. The third kappa shape index (κ3) is 6.19. The number of carbonyl (C=O) groups is 2. The number of hydrogen-bond donors (Lipinski definition) is 1. The molecule has 1 N–H and O–H groups in total. The molecule has 142 valence electrons. The highest BCUT2D eigenvalue weighted by Gasteiger charge is 2.26. The molecule has 0 fully saturated rings. The van der Waals surface area contributed by atoms with Crippen LogP contribution in [0.15, 0.2) is 67.0 Å². The van der Waals surface area contributed by atoms with Crippen molar-refractivity contribution in [3.8, 4) is 0 Å². The lowest BCUT2D eigenvalue weighted by molar-refractivity contribution is -0.144. The minimum absolute atomic E-state index is 0.264. The van der Waals surface area contributed by atoms with E-state index in [0.29, 0.717) is 5.92 Å². The first-order valence-electron chi connectivity index (χ1n) is 9.14. The Balaban J connectivity index is 1.90. The molecular weight excluding hydrogens is 340 g/mol. The highest BCUT2D eigenvalue weighted by molar-refractivity contribution is 6.12. The first-order valence-corrected chi connectivity index (χ1v) is 9.14. The van der Waals surface area contributed by atoms with Crippen LogP contribution in [0.1, 0.15) is 43.5 Å². The zero-order valence-electron chi connectivity index (χ0n) is 15.9. The van der Waals surface area contributed by atoms with Gasteiger partial charge in [-0.2, -0.15) is 0 Å². The van der Waals surface area contributed by atoms with Crippen LogP contribution in [0.5, 0.6) is 0 Å². The molecule has 0 aromatic heterocycles. The van der Waals surface area contributed by atoms with Gasteiger partial charge in [-0.1, -0.05) is 68.8 Å². The molecule has 0 saturated heterocycles. The maximum absolute atomic E-state index is 12.3. The van der Waals surface area contributed by atoms with Crippen molar-refractivity contribution in [2.24, 2.45) is 5.92 Å². The number of ether oxygens (including phenoxy) is 1. The largest absolute Gasteiger partial charge is 0.432 e. The summed E-state index contributed by atoms with van der Waals surface area (Å²) in [6.45, 7) is 8.22. The third-order valence-corrected chi connectivity index (χ3v) is 4.27. The van der Waals surface area contributed by atoms with Crippen LogP contribution in [-0.2, 0) is 9.53 Å². The molecule has 1 unspecified atom stereocenters. The summed E-state index contributed by atoms with van der Waals surface area (Å²) in [6.07, 6.45) is 3.83. The highest BCUT2D eigenvalue weighted by Crippen LogP contribution is 2.17. The zero-order chi connectivity index (χ0) is 19.8. The van der Waals surface area contributed by atoms with Gasteiger partial charge in [0, 0.05) is 5.56 Å². The zero-order valence-corrected chi connectivity index (χ0v) is 15.9. The first-order chi connectivity index (χ1) is 12.9. The van der Waals surface area contributed by atoms with E-state index in [1.54, 1.807) is 24.3 Å². The Morgan fingerprint density at radius 2 is 1.85 bits per heavy atom. The standard InChI is InChI=1S/C23H26O4/c1-16(2)7-6-8-17(3)13-14-27-23(26)22(25)21(24)20-12-11-18-9-4-5-10-19(18)15-20/h4-5,9-16,22,25H,3,6-8H2,1-2H3. The maximum atomic E-state index is 12.3. The van der Waals surface area contributed by atoms with Gasteiger partial charge in [-0.15, -0.1) is 0 Å². The molecule has 4 heteroatoms. The number of aliphatic hydroxyl groups excluding tert-OH is 1. The van der Waals surface area contributed by atoms with Crippen LogP contribution in [0.3, 0.4) is 0 Å². The number of carbonyl (C=O) groups excluding carboxylic acids is 2. The fourth-order valence-corrected chi connectivity index (χ4v) is 2.69. The summed E-state index contributed by atoms with van der Waals surface area (Å²) < 4.78 is 4.88. The summed E-state index contributed by atoms with van der Waals surface area (Å²) in [4.78, 5) is 24.3. The number of ketones is 1. The van der Waals surface area contributed by atoms with E-state index in [2.05, 4.69) is 20.4 Å². The molecule has 0 bridgehead atoms. The summed E-state index contributed by atoms with van der Waals surface area (Å²) >= 11 is 0. The number of fused-ring (bicyclic) bond motifs is 1. The van der Waals surface area contributed by atoms with Gasteiger partial charge in [-0.3, -0.25) is 4.79 Å². The van der Waals surface area contributed by atoms with Crippen molar-refractivity contribution in [1.82, 2.24) is 0 Å². The van der Waals surface area contributed by atoms with Crippen molar-refractivity contribution in [1.29, 1.82) is 0 Å². The molecule has 2 aromatic rings. The Morgan fingerprint density at radius 1 is 1.15 bits per heavy atom. The van der Waals surface area contributed by atoms with Crippen LogP contribution in [0, 0.1) is 5.92 Å². The quantitative estimate of drug-likeness (QED) is 0.227. The van der Waals surface area contributed by atoms with Gasteiger partial charge in [0.1, 0.15) is 0 Å². The lowest BCUT2D eigenvalue weighted by atomic mass is 10.0. The van der Waals surface area contributed by atoms with Crippen molar-refractivity contribution in [2.75, 3.05) is 0 Å². The van der Waals surface area contributed by atoms with E-state index < -0.39 is 17.9 Å². The van der Waals surface area contributed by atoms with Crippen molar-refractivity contribution in [2.45, 2.75) is 39.2 Å². The van der Waals surface area contributed by atoms with Crippen LogP contribution >= 0.6 is 0 Å². The molecule has 4 nitrogen and oxygen atoms in total. The molecule has 1 atom stereocenters. The lowest BCUT2D eigenvalue weighted by Crippen LogP contribution is -2.30. The second-order valence-electron chi connectivity index (χ2n) is 7.01. The molecule has 0 aliphatic carbocycles. The molecule has 0 spiro atoms. The number of rotatable bonds is 9. The Hall–Kier alpha value is -2.72. The molecule has 0 aliphatic rings. The van der Waals surface area contributed by atoms with Gasteiger partial charge in [0.15, 0.2) is 0 Å². The van der Waals surface area contributed by atoms with Crippen LogP contribution < -0.4 is 0 Å². The van der Waals surface area contributed by atoms with Gasteiger partial charge < -0.3 is 9.84 Å². The van der Waals surface area contributed by atoms with E-state index in [-0.39, 0.29) is 5.56 Å². The first kappa shape index (κ1) is 20.6. The number of benzene rings is 2. The van der Waals surface area contributed by atoms with Crippen molar-refractivity contribution in [3.63, 3.8) is 0 Å². The van der Waals surface area contributed by atoms with E-state index in [1.807, 2.05) is 24.3 Å². The van der Waals surface area contributed by atoms with Crippen molar-refractivity contribution < 1.29 is 19.4 Å². The van der Waals surface area contributed by atoms with Gasteiger partial charge in [0.05, 0.1) is 6.26 Å². The second kappa shape index (κ2) is 9.83. The van der Waals surface area contributed by atoms with E-state index in [0.717, 1.165) is 35.6 Å². The maximum Gasteiger partial charge on any atom is 0.348 e. The van der Waals surface area contributed by atoms with Gasteiger partial charge in [0.25, 0.3) is 0 Å². The van der Waals surface area contributed by atoms with E-state index in [9.17, 15) is 14.7 Å². The van der Waals surface area contributed by atoms with Crippen LogP contribution in [0.2, 0.25) is 0 Å². The number of esters is 1. The SMILES string of the molecule is C=C(C=COC(=O)C(O)C(=O)c1ccc2ccccc2c1)CCCC(C)C. The van der Waals surface area contributed by atoms with Gasteiger partial charge in [-0.05, 0) is 41.7 Å². The summed E-state index contributed by atoms with van der Waals surface area (Å²) in [5, 5.41) is 11.8. The summed E-state index contributed by atoms with van der Waals surface area (Å²) in [7, 11) is 0. The Labute approximate surface area is 160 Å². The average Bonchev–Trinajstić information content (AvgIpc) is 2.66. The molecule has 27 heavy (non-hydrogen) atoms. The second-order valence-corrected chi connectivity index (χ2v) is 7.01. The minimum atomic E-state index is -1.86. The van der Waals surface area contributed by atoms with Crippen molar-refractivity contribution in [3.05, 3.63) is 72.5 Å². The normalized spacial score (nSPS) is 12.4. The summed E-state index contributed by atoms with van der Waals surface area (Å²) in [5.41, 5.74) is 1.10. The van der Waals surface area contributed by atoms with E-state index in [4.69, 9.17) is 4.74 Å². The Bertz CT molecular complexity index is 848. The predicted octanol–water partition coefficient (Wildman–Crippen LogP) is 4.82. The van der Waals surface area contributed by atoms with Gasteiger partial charge >= 0.3 is 5.97 Å². The van der Waals surface area contributed by atoms with Gasteiger partial charge in [0.2, 0.25) is 11.9 Å². The fourth-order valence-electron chi connectivity index (χ4n) is 2.69. The molecule has 0 saturated carbocycles. The van der Waals surface area contributed by atoms with Gasteiger partial charge in [-0.25, -0.2) is 4.79 Å². The number of aliphatic hydroxyl groups is 1. The number of hydrogen-bond acceptors (Lipinski definition) is 4. The Kier molecular flexibility index (Phi) is 7.50. The molecule has 0 heterocycles. The van der Waals surface area contributed by atoms with Crippen LogP contribution in [0.4, 0.5) is 0 Å². The molecule has 2 rings (SSSR count). The predicted molar refractivity (Wildman–Crippen MR) is 107 cm³/mol. The smallest absolute Gasteiger partial charge is 0.348 e. The highest BCUT2D eigenvalue weighted by atomic mass is 16.5. The molecule has 0 radical (unpaired) electrons. The van der Waals surface area contributed by atoms with Crippen LogP contribution in [0.25, 0.3) is 10.8 Å². The average molecular weight is 366 g/mol. The lowest BCUT2D eigenvalue weighted by Gasteiger charge is -2.08. The third-order valence-electron chi connectivity index (χ3n) is 4.27. The molecule has 2 aromatic carbocycles. The fraction of sp³-hybridized carbons (Fsp3) is 0.304.